The molecule has 0 aliphatic carbocycles. The second-order valence-corrected chi connectivity index (χ2v) is 7.91. The van der Waals surface area contributed by atoms with Crippen LogP contribution in [0.2, 0.25) is 0 Å². The van der Waals surface area contributed by atoms with Crippen LogP contribution >= 0.6 is 11.8 Å². The predicted molar refractivity (Wildman–Crippen MR) is 123 cm³/mol. The minimum Gasteiger partial charge on any atom is -0.495 e. The zero-order valence-electron chi connectivity index (χ0n) is 17.6. The molecule has 0 spiro atoms. The van der Waals surface area contributed by atoms with Gasteiger partial charge in [-0.05, 0) is 38.1 Å². The average Bonchev–Trinajstić information content (AvgIpc) is 3.21. The van der Waals surface area contributed by atoms with Crippen LogP contribution in [0.3, 0.4) is 0 Å². The van der Waals surface area contributed by atoms with Crippen molar-refractivity contribution in [1.29, 1.82) is 0 Å². The summed E-state index contributed by atoms with van der Waals surface area (Å²) in [5.41, 5.74) is 1.46. The van der Waals surface area contributed by atoms with Crippen LogP contribution in [0.1, 0.15) is 31.5 Å². The Hall–Kier alpha value is -3.33. The zero-order valence-corrected chi connectivity index (χ0v) is 18.4. The van der Waals surface area contributed by atoms with Gasteiger partial charge in [-0.3, -0.25) is 4.79 Å². The molecule has 0 saturated heterocycles. The average molecular weight is 437 g/mol. The van der Waals surface area contributed by atoms with Gasteiger partial charge in [0, 0.05) is 6.54 Å². The van der Waals surface area contributed by atoms with Crippen LogP contribution in [0.25, 0.3) is 10.9 Å². The number of hydrogen-bond acceptors (Lipinski definition) is 7. The normalized spacial score (nSPS) is 12.1. The highest BCUT2D eigenvalue weighted by atomic mass is 32.2. The number of aromatic nitrogens is 5. The van der Waals surface area contributed by atoms with Crippen LogP contribution < -0.4 is 15.6 Å². The van der Waals surface area contributed by atoms with E-state index in [1.165, 1.54) is 11.8 Å². The summed E-state index contributed by atoms with van der Waals surface area (Å²) in [7, 11) is 1.65. The summed E-state index contributed by atoms with van der Waals surface area (Å²) in [6, 6.07) is 15.0. The summed E-state index contributed by atoms with van der Waals surface area (Å²) < 4.78 is 7.49. The topological polar surface area (TPSA) is 97.7 Å². The van der Waals surface area contributed by atoms with E-state index in [0.29, 0.717) is 22.5 Å². The molecule has 0 unspecified atom stereocenters. The summed E-state index contributed by atoms with van der Waals surface area (Å²) in [4.78, 5) is 19.7. The lowest BCUT2D eigenvalue weighted by atomic mass is 10.2. The molecular formula is C22H24N6O2S. The zero-order chi connectivity index (χ0) is 21.8. The number of para-hydroxylation sites is 3. The third kappa shape index (κ3) is 4.41. The molecule has 0 amide bonds. The second-order valence-electron chi connectivity index (χ2n) is 6.97. The van der Waals surface area contributed by atoms with E-state index in [1.54, 1.807) is 13.2 Å². The molecule has 2 heterocycles. The molecule has 0 bridgehead atoms. The molecule has 8 nitrogen and oxygen atoms in total. The van der Waals surface area contributed by atoms with E-state index in [-0.39, 0.29) is 11.6 Å². The molecular weight excluding hydrogens is 412 g/mol. The number of methoxy groups -OCH3 is 1. The largest absolute Gasteiger partial charge is 0.495 e. The first-order valence-corrected chi connectivity index (χ1v) is 11.0. The number of thioether (sulfide) groups is 1. The molecule has 0 saturated carbocycles. The van der Waals surface area contributed by atoms with E-state index in [1.807, 2.05) is 49.4 Å². The van der Waals surface area contributed by atoms with E-state index in [2.05, 4.69) is 37.0 Å². The molecule has 2 N–H and O–H groups in total. The first-order chi connectivity index (χ1) is 15.1. The number of ether oxygens (including phenoxy) is 1. The van der Waals surface area contributed by atoms with Crippen LogP contribution in [0, 0.1) is 0 Å². The van der Waals surface area contributed by atoms with Crippen molar-refractivity contribution >= 4 is 28.4 Å². The fraction of sp³-hybridized carbons (Fsp3) is 0.273. The number of aromatic amines is 1. The number of H-pyrrole nitrogens is 1. The third-order valence-corrected chi connectivity index (χ3v) is 5.91. The molecule has 2 aromatic heterocycles. The number of nitrogens with zero attached hydrogens (tertiary/aromatic N) is 4. The number of anilines is 1. The molecule has 4 rings (SSSR count). The molecule has 160 valence electrons. The maximum atomic E-state index is 12.3. The van der Waals surface area contributed by atoms with Gasteiger partial charge in [-0.2, -0.15) is 0 Å². The Balaban J connectivity index is 1.52. The molecule has 9 heteroatoms. The van der Waals surface area contributed by atoms with Crippen molar-refractivity contribution in [2.75, 3.05) is 12.4 Å². The fourth-order valence-electron chi connectivity index (χ4n) is 3.42. The maximum Gasteiger partial charge on any atom is 0.258 e. The van der Waals surface area contributed by atoms with E-state index >= 15 is 0 Å². The molecule has 1 atom stereocenters. The standard InChI is InChI=1S/C22H24N6O2S/c1-4-28-20(14(2)23-17-11-7-8-12-18(17)30-3)26-27-22(28)31-13-19-24-16-10-6-5-9-15(16)21(29)25-19/h5-12,14,23H,4,13H2,1-3H3,(H,24,25,29)/t14-/m0/s1. The molecule has 2 aromatic carbocycles. The highest BCUT2D eigenvalue weighted by Gasteiger charge is 2.18. The number of fused-ring (bicyclic) bond motifs is 1. The predicted octanol–water partition coefficient (Wildman–Crippen LogP) is 4.01. The van der Waals surface area contributed by atoms with Gasteiger partial charge in [-0.1, -0.05) is 36.0 Å². The summed E-state index contributed by atoms with van der Waals surface area (Å²) in [6.07, 6.45) is 0. The smallest absolute Gasteiger partial charge is 0.258 e. The Kier molecular flexibility index (Phi) is 6.22. The van der Waals surface area contributed by atoms with Gasteiger partial charge in [0.2, 0.25) is 0 Å². The van der Waals surface area contributed by atoms with E-state index in [4.69, 9.17) is 4.74 Å². The van der Waals surface area contributed by atoms with Crippen LogP contribution in [0.4, 0.5) is 5.69 Å². The molecule has 31 heavy (non-hydrogen) atoms. The lowest BCUT2D eigenvalue weighted by Crippen LogP contribution is -2.14. The van der Waals surface area contributed by atoms with Gasteiger partial charge in [0.1, 0.15) is 11.6 Å². The third-order valence-electron chi connectivity index (χ3n) is 4.93. The van der Waals surface area contributed by atoms with Crippen LogP contribution in [-0.2, 0) is 12.3 Å². The van der Waals surface area contributed by atoms with Crippen molar-refractivity contribution in [3.63, 3.8) is 0 Å². The minimum atomic E-state index is -0.131. The first kappa shape index (κ1) is 20.9. The van der Waals surface area contributed by atoms with Gasteiger partial charge in [-0.25, -0.2) is 4.98 Å². The Bertz CT molecular complexity index is 1250. The molecule has 0 aliphatic heterocycles. The number of rotatable bonds is 8. The first-order valence-electron chi connectivity index (χ1n) is 10.0. The van der Waals surface area contributed by atoms with E-state index < -0.39 is 0 Å². The van der Waals surface area contributed by atoms with Crippen molar-refractivity contribution in [2.24, 2.45) is 0 Å². The van der Waals surface area contributed by atoms with Gasteiger partial charge < -0.3 is 19.6 Å². The molecule has 0 radical (unpaired) electrons. The minimum absolute atomic E-state index is 0.0725. The lowest BCUT2D eigenvalue weighted by molar-refractivity contribution is 0.416. The SMILES string of the molecule is CCn1c(SCc2nc3ccccc3c(=O)[nH]2)nnc1[C@H](C)Nc1ccccc1OC. The maximum absolute atomic E-state index is 12.3. The number of hydrogen-bond donors (Lipinski definition) is 2. The van der Waals surface area contributed by atoms with Crippen molar-refractivity contribution in [2.45, 2.75) is 37.3 Å². The molecule has 0 aliphatic rings. The Morgan fingerprint density at radius 3 is 2.74 bits per heavy atom. The Morgan fingerprint density at radius 1 is 1.16 bits per heavy atom. The van der Waals surface area contributed by atoms with Crippen molar-refractivity contribution in [3.05, 3.63) is 70.5 Å². The van der Waals surface area contributed by atoms with Crippen LogP contribution in [0.15, 0.2) is 58.5 Å². The highest BCUT2D eigenvalue weighted by molar-refractivity contribution is 7.98. The monoisotopic (exact) mass is 436 g/mol. The Morgan fingerprint density at radius 2 is 1.94 bits per heavy atom. The molecule has 0 fully saturated rings. The second kappa shape index (κ2) is 9.22. The van der Waals surface area contributed by atoms with Crippen molar-refractivity contribution in [1.82, 2.24) is 24.7 Å². The summed E-state index contributed by atoms with van der Waals surface area (Å²) >= 11 is 1.50. The number of benzene rings is 2. The van der Waals surface area contributed by atoms with E-state index in [0.717, 1.165) is 29.0 Å². The van der Waals surface area contributed by atoms with Crippen LogP contribution in [0.5, 0.6) is 5.75 Å². The highest BCUT2D eigenvalue weighted by Crippen LogP contribution is 2.29. The summed E-state index contributed by atoms with van der Waals surface area (Å²) in [5.74, 6) is 2.71. The van der Waals surface area contributed by atoms with Crippen molar-refractivity contribution in [3.8, 4) is 5.75 Å². The summed E-state index contributed by atoms with van der Waals surface area (Å²) in [5, 5.41) is 13.6. The van der Waals surface area contributed by atoms with Crippen LogP contribution in [-0.4, -0.2) is 31.8 Å². The quantitative estimate of drug-likeness (QED) is 0.403. The van der Waals surface area contributed by atoms with Gasteiger partial charge in [0.05, 0.1) is 35.5 Å². The van der Waals surface area contributed by atoms with Gasteiger partial charge in [-0.15, -0.1) is 10.2 Å². The molecule has 4 aromatic rings. The van der Waals surface area contributed by atoms with Crippen molar-refractivity contribution < 1.29 is 4.74 Å². The van der Waals surface area contributed by atoms with E-state index in [9.17, 15) is 4.79 Å². The summed E-state index contributed by atoms with van der Waals surface area (Å²) in [6.45, 7) is 4.83. The fourth-order valence-corrected chi connectivity index (χ4v) is 4.30. The van der Waals surface area contributed by atoms with Gasteiger partial charge in [0.15, 0.2) is 11.0 Å². The number of nitrogens with one attached hydrogen (secondary N) is 2. The van der Waals surface area contributed by atoms with Gasteiger partial charge >= 0.3 is 0 Å². The lowest BCUT2D eigenvalue weighted by Gasteiger charge is -2.18. The Labute approximate surface area is 184 Å². The van der Waals surface area contributed by atoms with Gasteiger partial charge in [0.25, 0.3) is 5.56 Å².